The Labute approximate surface area is 156 Å². The van der Waals surface area contributed by atoms with Crippen molar-refractivity contribution >= 4 is 5.96 Å². The molecule has 6 heteroatoms. The molecule has 1 aromatic carbocycles. The molecule has 0 aliphatic carbocycles. The molecule has 1 heterocycles. The lowest BCUT2D eigenvalue weighted by Gasteiger charge is -2.24. The Morgan fingerprint density at radius 3 is 2.58 bits per heavy atom. The van der Waals surface area contributed by atoms with Gasteiger partial charge in [0.15, 0.2) is 5.96 Å². The van der Waals surface area contributed by atoms with E-state index in [-0.39, 0.29) is 12.1 Å². The molecule has 0 bridgehead atoms. The van der Waals surface area contributed by atoms with Crippen LogP contribution in [0.4, 0.5) is 0 Å². The van der Waals surface area contributed by atoms with Gasteiger partial charge in [0.1, 0.15) is 17.6 Å². The normalized spacial score (nSPS) is 14.2. The van der Waals surface area contributed by atoms with E-state index in [9.17, 15) is 0 Å². The van der Waals surface area contributed by atoms with Crippen LogP contribution in [0, 0.1) is 6.92 Å². The Hall–Kier alpha value is -2.47. The molecule has 0 saturated carbocycles. The van der Waals surface area contributed by atoms with E-state index in [2.05, 4.69) is 33.5 Å². The molecule has 0 fully saturated rings. The maximum absolute atomic E-state index is 5.94. The van der Waals surface area contributed by atoms with Gasteiger partial charge in [-0.15, -0.1) is 0 Å². The number of furan rings is 1. The largest absolute Gasteiger partial charge is 0.489 e. The third kappa shape index (κ3) is 6.11. The van der Waals surface area contributed by atoms with E-state index in [1.807, 2.05) is 51.4 Å². The first-order chi connectivity index (χ1) is 12.5. The van der Waals surface area contributed by atoms with E-state index in [1.165, 1.54) is 5.56 Å². The number of hydrogen-bond donors (Lipinski definition) is 2. The Morgan fingerprint density at radius 1 is 1.19 bits per heavy atom. The van der Waals surface area contributed by atoms with Gasteiger partial charge < -0.3 is 19.8 Å². The number of likely N-dealkylation sites (N-methyl/N-ethyl adjacent to an activating group) is 1. The molecule has 0 spiro atoms. The third-order valence-corrected chi connectivity index (χ3v) is 4.07. The van der Waals surface area contributed by atoms with Crippen molar-refractivity contribution < 1.29 is 9.15 Å². The minimum Gasteiger partial charge on any atom is -0.489 e. The lowest BCUT2D eigenvalue weighted by Crippen LogP contribution is -2.44. The van der Waals surface area contributed by atoms with Crippen LogP contribution >= 0.6 is 0 Å². The summed E-state index contributed by atoms with van der Waals surface area (Å²) in [6.45, 7) is 5.43. The fourth-order valence-corrected chi connectivity index (χ4v) is 2.64. The zero-order valence-electron chi connectivity index (χ0n) is 16.3. The van der Waals surface area contributed by atoms with Gasteiger partial charge in [0.25, 0.3) is 0 Å². The van der Waals surface area contributed by atoms with Crippen molar-refractivity contribution in [1.29, 1.82) is 0 Å². The van der Waals surface area contributed by atoms with Gasteiger partial charge in [0, 0.05) is 13.6 Å². The zero-order valence-corrected chi connectivity index (χ0v) is 16.3. The van der Waals surface area contributed by atoms with Crippen LogP contribution in [-0.4, -0.2) is 51.2 Å². The van der Waals surface area contributed by atoms with E-state index < -0.39 is 0 Å². The Morgan fingerprint density at radius 2 is 1.96 bits per heavy atom. The molecule has 2 unspecified atom stereocenters. The standard InChI is InChI=1S/C20H30N4O2/c1-15-8-6-9-17(12-15)26-16(2)13-22-20(21-3)23-14-18(24(4)5)19-10-7-11-25-19/h6-12,16,18H,13-14H2,1-5H3,(H2,21,22,23). The second kappa shape index (κ2) is 9.87. The van der Waals surface area contributed by atoms with Crippen LogP contribution in [0.3, 0.4) is 0 Å². The SMILES string of the molecule is CN=C(NCC(C)Oc1cccc(C)c1)NCC(c1ccco1)N(C)C. The minimum atomic E-state index is 0.0186. The van der Waals surface area contributed by atoms with E-state index in [0.717, 1.165) is 17.5 Å². The molecule has 6 nitrogen and oxygen atoms in total. The monoisotopic (exact) mass is 358 g/mol. The molecule has 2 aromatic rings. The highest BCUT2D eigenvalue weighted by atomic mass is 16.5. The van der Waals surface area contributed by atoms with E-state index in [4.69, 9.17) is 9.15 Å². The molecule has 1 aromatic heterocycles. The van der Waals surface area contributed by atoms with Crippen LogP contribution < -0.4 is 15.4 Å². The number of ether oxygens (including phenoxy) is 1. The molecule has 2 atom stereocenters. The summed E-state index contributed by atoms with van der Waals surface area (Å²) in [6.07, 6.45) is 1.72. The summed E-state index contributed by atoms with van der Waals surface area (Å²) in [5.74, 6) is 2.55. The number of nitrogens with zero attached hydrogens (tertiary/aromatic N) is 2. The van der Waals surface area contributed by atoms with Gasteiger partial charge in [0.2, 0.25) is 0 Å². The van der Waals surface area contributed by atoms with E-state index in [0.29, 0.717) is 13.1 Å². The molecule has 0 amide bonds. The maximum atomic E-state index is 5.94. The molecule has 0 aliphatic heterocycles. The predicted molar refractivity (Wildman–Crippen MR) is 106 cm³/mol. The summed E-state index contributed by atoms with van der Waals surface area (Å²) < 4.78 is 11.5. The second-order valence-electron chi connectivity index (χ2n) is 6.57. The van der Waals surface area contributed by atoms with Crippen molar-refractivity contribution in [2.24, 2.45) is 4.99 Å². The van der Waals surface area contributed by atoms with Crippen LogP contribution in [0.25, 0.3) is 0 Å². The van der Waals surface area contributed by atoms with Crippen LogP contribution in [0.15, 0.2) is 52.1 Å². The lowest BCUT2D eigenvalue weighted by atomic mass is 10.2. The predicted octanol–water partition coefficient (Wildman–Crippen LogP) is 2.82. The molecule has 0 radical (unpaired) electrons. The van der Waals surface area contributed by atoms with Crippen molar-refractivity contribution in [3.63, 3.8) is 0 Å². The molecule has 2 N–H and O–H groups in total. The first kappa shape index (κ1) is 19.8. The van der Waals surface area contributed by atoms with Crippen LogP contribution in [0.1, 0.15) is 24.3 Å². The third-order valence-electron chi connectivity index (χ3n) is 4.07. The fraction of sp³-hybridized carbons (Fsp3) is 0.450. The van der Waals surface area contributed by atoms with E-state index >= 15 is 0 Å². The van der Waals surface area contributed by atoms with Crippen LogP contribution in [0.5, 0.6) is 5.75 Å². The topological polar surface area (TPSA) is 62.0 Å². The Balaban J connectivity index is 1.81. The molecular formula is C20H30N4O2. The smallest absolute Gasteiger partial charge is 0.191 e. The fourth-order valence-electron chi connectivity index (χ4n) is 2.64. The van der Waals surface area contributed by atoms with Crippen molar-refractivity contribution in [2.75, 3.05) is 34.2 Å². The van der Waals surface area contributed by atoms with Gasteiger partial charge in [-0.3, -0.25) is 9.89 Å². The molecule has 26 heavy (non-hydrogen) atoms. The van der Waals surface area contributed by atoms with Crippen molar-refractivity contribution in [1.82, 2.24) is 15.5 Å². The number of aliphatic imine (C=N–C) groups is 1. The van der Waals surface area contributed by atoms with Gasteiger partial charge in [-0.25, -0.2) is 0 Å². The highest BCUT2D eigenvalue weighted by Crippen LogP contribution is 2.17. The van der Waals surface area contributed by atoms with Crippen molar-refractivity contribution in [3.05, 3.63) is 54.0 Å². The number of nitrogens with one attached hydrogen (secondary N) is 2. The van der Waals surface area contributed by atoms with Gasteiger partial charge in [-0.1, -0.05) is 12.1 Å². The lowest BCUT2D eigenvalue weighted by molar-refractivity contribution is 0.223. The maximum Gasteiger partial charge on any atom is 0.191 e. The summed E-state index contributed by atoms with van der Waals surface area (Å²) in [5, 5.41) is 6.66. The second-order valence-corrected chi connectivity index (χ2v) is 6.57. The summed E-state index contributed by atoms with van der Waals surface area (Å²) >= 11 is 0. The molecule has 0 saturated heterocycles. The summed E-state index contributed by atoms with van der Waals surface area (Å²) in [6, 6.07) is 12.1. The van der Waals surface area contributed by atoms with Crippen molar-refractivity contribution in [2.45, 2.75) is 26.0 Å². The van der Waals surface area contributed by atoms with Gasteiger partial charge in [0.05, 0.1) is 18.8 Å². The average molecular weight is 358 g/mol. The number of hydrogen-bond acceptors (Lipinski definition) is 4. The molecule has 0 aliphatic rings. The van der Waals surface area contributed by atoms with Crippen LogP contribution in [-0.2, 0) is 0 Å². The highest BCUT2D eigenvalue weighted by molar-refractivity contribution is 5.79. The van der Waals surface area contributed by atoms with Gasteiger partial charge in [-0.05, 0) is 57.8 Å². The van der Waals surface area contributed by atoms with Crippen molar-refractivity contribution in [3.8, 4) is 5.75 Å². The average Bonchev–Trinajstić information content (AvgIpc) is 3.11. The Kier molecular flexibility index (Phi) is 7.53. The summed E-state index contributed by atoms with van der Waals surface area (Å²) in [5.41, 5.74) is 1.19. The highest BCUT2D eigenvalue weighted by Gasteiger charge is 2.17. The molecule has 2 rings (SSSR count). The molecule has 142 valence electrons. The summed E-state index contributed by atoms with van der Waals surface area (Å²) in [7, 11) is 5.82. The number of guanidine groups is 1. The van der Waals surface area contributed by atoms with Gasteiger partial charge in [-0.2, -0.15) is 0 Å². The zero-order chi connectivity index (χ0) is 18.9. The first-order valence-electron chi connectivity index (χ1n) is 8.87. The van der Waals surface area contributed by atoms with E-state index in [1.54, 1.807) is 13.3 Å². The van der Waals surface area contributed by atoms with Crippen LogP contribution in [0.2, 0.25) is 0 Å². The Bertz CT molecular complexity index is 683. The number of benzene rings is 1. The molecular weight excluding hydrogens is 328 g/mol. The van der Waals surface area contributed by atoms with Gasteiger partial charge >= 0.3 is 0 Å². The quantitative estimate of drug-likeness (QED) is 0.561. The minimum absolute atomic E-state index is 0.0186. The number of rotatable bonds is 8. The summed E-state index contributed by atoms with van der Waals surface area (Å²) in [4.78, 5) is 6.40. The number of aryl methyl sites for hydroxylation is 1. The first-order valence-corrected chi connectivity index (χ1v) is 8.87.